The highest BCUT2D eigenvalue weighted by molar-refractivity contribution is 4.71. The Morgan fingerprint density at radius 3 is 2.38 bits per heavy atom. The van der Waals surface area contributed by atoms with E-state index in [1.165, 1.54) is 19.3 Å². The molecule has 0 N–H and O–H groups in total. The zero-order chi connectivity index (χ0) is 5.98. The van der Waals surface area contributed by atoms with E-state index in [1.54, 1.807) is 0 Å². The summed E-state index contributed by atoms with van der Waals surface area (Å²) in [6.07, 6.45) is 4.48. The Morgan fingerprint density at radius 1 is 1.38 bits per heavy atom. The molecule has 0 spiro atoms. The Morgan fingerprint density at radius 2 is 2.12 bits per heavy atom. The molecular weight excluding hydrogens is 100 g/mol. The second-order valence-corrected chi connectivity index (χ2v) is 2.78. The molecule has 0 amide bonds. The average Bonchev–Trinajstić information content (AvgIpc) is 2.14. The van der Waals surface area contributed by atoms with E-state index in [9.17, 15) is 0 Å². The molecule has 1 rings (SSSR count). The lowest BCUT2D eigenvalue weighted by molar-refractivity contribution is 0.106. The number of rotatable bonds is 1. The van der Waals surface area contributed by atoms with Crippen molar-refractivity contribution in [3.63, 3.8) is 0 Å². The monoisotopic (exact) mass is 114 g/mol. The standard InChI is InChI=1S/C7H14O/c1-6-3-4-7(5-6)8-2/h6-7H,3-5H2,1-2H3/t6-,7-/m1/s1. The van der Waals surface area contributed by atoms with Crippen LogP contribution in [0, 0.1) is 5.92 Å². The molecule has 0 aromatic heterocycles. The van der Waals surface area contributed by atoms with Gasteiger partial charge in [-0.3, -0.25) is 0 Å². The first-order valence-corrected chi connectivity index (χ1v) is 3.35. The minimum absolute atomic E-state index is 0.574. The summed E-state index contributed by atoms with van der Waals surface area (Å²) in [7, 11) is 1.81. The van der Waals surface area contributed by atoms with Crippen molar-refractivity contribution < 1.29 is 4.74 Å². The molecule has 0 aromatic carbocycles. The van der Waals surface area contributed by atoms with E-state index in [1.807, 2.05) is 7.11 Å². The Kier molecular flexibility index (Phi) is 1.90. The first-order valence-electron chi connectivity index (χ1n) is 3.35. The second-order valence-electron chi connectivity index (χ2n) is 2.78. The van der Waals surface area contributed by atoms with Gasteiger partial charge in [0.2, 0.25) is 0 Å². The molecule has 8 heavy (non-hydrogen) atoms. The van der Waals surface area contributed by atoms with Crippen LogP contribution in [-0.2, 0) is 4.74 Å². The molecule has 0 aliphatic heterocycles. The lowest BCUT2D eigenvalue weighted by atomic mass is 10.1. The van der Waals surface area contributed by atoms with E-state index in [-0.39, 0.29) is 0 Å². The molecule has 1 saturated carbocycles. The van der Waals surface area contributed by atoms with Crippen LogP contribution in [0.25, 0.3) is 0 Å². The highest BCUT2D eigenvalue weighted by Crippen LogP contribution is 2.26. The largest absolute Gasteiger partial charge is 0.381 e. The van der Waals surface area contributed by atoms with Crippen molar-refractivity contribution in [3.05, 3.63) is 0 Å². The third kappa shape index (κ3) is 1.22. The first kappa shape index (κ1) is 6.09. The van der Waals surface area contributed by atoms with Gasteiger partial charge in [-0.15, -0.1) is 0 Å². The van der Waals surface area contributed by atoms with E-state index >= 15 is 0 Å². The quantitative estimate of drug-likeness (QED) is 0.505. The van der Waals surface area contributed by atoms with Gasteiger partial charge in [0.05, 0.1) is 6.10 Å². The number of hydrogen-bond acceptors (Lipinski definition) is 1. The Labute approximate surface area is 51.0 Å². The molecule has 1 fully saturated rings. The molecule has 1 heteroatoms. The van der Waals surface area contributed by atoms with Gasteiger partial charge in [0.1, 0.15) is 0 Å². The highest BCUT2D eigenvalue weighted by Gasteiger charge is 2.19. The molecule has 0 saturated heterocycles. The van der Waals surface area contributed by atoms with Crippen molar-refractivity contribution in [1.82, 2.24) is 0 Å². The molecule has 48 valence electrons. The maximum Gasteiger partial charge on any atom is 0.0574 e. The van der Waals surface area contributed by atoms with Crippen molar-refractivity contribution in [2.45, 2.75) is 32.3 Å². The predicted octanol–water partition coefficient (Wildman–Crippen LogP) is 1.82. The molecule has 0 unspecified atom stereocenters. The molecule has 0 heterocycles. The van der Waals surface area contributed by atoms with Gasteiger partial charge in [-0.25, -0.2) is 0 Å². The Balaban J connectivity index is 2.22. The summed E-state index contributed by atoms with van der Waals surface area (Å²) in [6.45, 7) is 2.29. The fraction of sp³-hybridized carbons (Fsp3) is 1.00. The van der Waals surface area contributed by atoms with Crippen LogP contribution in [0.4, 0.5) is 0 Å². The minimum Gasteiger partial charge on any atom is -0.381 e. The fourth-order valence-electron chi connectivity index (χ4n) is 1.37. The van der Waals surface area contributed by atoms with E-state index in [4.69, 9.17) is 4.74 Å². The highest BCUT2D eigenvalue weighted by atomic mass is 16.5. The Bertz CT molecular complexity index is 70.8. The topological polar surface area (TPSA) is 9.23 Å². The first-order chi connectivity index (χ1) is 3.83. The van der Waals surface area contributed by atoms with Crippen molar-refractivity contribution in [1.29, 1.82) is 0 Å². The van der Waals surface area contributed by atoms with E-state index in [0.717, 1.165) is 5.92 Å². The summed E-state index contributed by atoms with van der Waals surface area (Å²) in [6, 6.07) is 0. The third-order valence-electron chi connectivity index (χ3n) is 1.98. The van der Waals surface area contributed by atoms with Gasteiger partial charge in [-0.1, -0.05) is 6.92 Å². The maximum absolute atomic E-state index is 5.18. The molecule has 1 nitrogen and oxygen atoms in total. The predicted molar refractivity (Wildman–Crippen MR) is 33.8 cm³/mol. The van der Waals surface area contributed by atoms with Crippen molar-refractivity contribution in [2.24, 2.45) is 5.92 Å². The van der Waals surface area contributed by atoms with Crippen LogP contribution in [0.15, 0.2) is 0 Å². The minimum atomic E-state index is 0.574. The van der Waals surface area contributed by atoms with Crippen LogP contribution < -0.4 is 0 Å². The molecule has 0 bridgehead atoms. The summed E-state index contributed by atoms with van der Waals surface area (Å²) < 4.78 is 5.18. The molecule has 0 radical (unpaired) electrons. The van der Waals surface area contributed by atoms with E-state index in [2.05, 4.69) is 6.92 Å². The van der Waals surface area contributed by atoms with Crippen LogP contribution in [0.2, 0.25) is 0 Å². The van der Waals surface area contributed by atoms with Crippen molar-refractivity contribution in [2.75, 3.05) is 7.11 Å². The van der Waals surface area contributed by atoms with E-state index < -0.39 is 0 Å². The zero-order valence-electron chi connectivity index (χ0n) is 5.68. The SMILES string of the molecule is CO[C@@H]1CC[C@@H](C)C1. The van der Waals surface area contributed by atoms with Crippen molar-refractivity contribution in [3.8, 4) is 0 Å². The molecule has 1 aliphatic rings. The third-order valence-corrected chi connectivity index (χ3v) is 1.98. The van der Waals surface area contributed by atoms with Crippen LogP contribution in [0.5, 0.6) is 0 Å². The summed E-state index contributed by atoms with van der Waals surface area (Å²) in [5.41, 5.74) is 0. The second kappa shape index (κ2) is 2.49. The normalized spacial score (nSPS) is 38.2. The number of methoxy groups -OCH3 is 1. The fourth-order valence-corrected chi connectivity index (χ4v) is 1.37. The van der Waals surface area contributed by atoms with Crippen LogP contribution in [0.1, 0.15) is 26.2 Å². The summed E-state index contributed by atoms with van der Waals surface area (Å²) in [5.74, 6) is 0.903. The molecule has 0 aromatic rings. The molecular formula is C7H14O. The smallest absolute Gasteiger partial charge is 0.0574 e. The van der Waals surface area contributed by atoms with Crippen LogP contribution in [-0.4, -0.2) is 13.2 Å². The maximum atomic E-state index is 5.18. The summed E-state index contributed by atoms with van der Waals surface area (Å²) >= 11 is 0. The summed E-state index contributed by atoms with van der Waals surface area (Å²) in [5, 5.41) is 0. The number of hydrogen-bond donors (Lipinski definition) is 0. The lowest BCUT2D eigenvalue weighted by Gasteiger charge is -2.04. The van der Waals surface area contributed by atoms with E-state index in [0.29, 0.717) is 6.10 Å². The van der Waals surface area contributed by atoms with Gasteiger partial charge >= 0.3 is 0 Å². The van der Waals surface area contributed by atoms with Gasteiger partial charge in [-0.2, -0.15) is 0 Å². The summed E-state index contributed by atoms with van der Waals surface area (Å²) in [4.78, 5) is 0. The lowest BCUT2D eigenvalue weighted by Crippen LogP contribution is -2.03. The number of ether oxygens (including phenoxy) is 1. The van der Waals surface area contributed by atoms with Gasteiger partial charge in [0.25, 0.3) is 0 Å². The van der Waals surface area contributed by atoms with Crippen LogP contribution in [0.3, 0.4) is 0 Å². The van der Waals surface area contributed by atoms with Crippen molar-refractivity contribution >= 4 is 0 Å². The molecule has 2 atom stereocenters. The van der Waals surface area contributed by atoms with Gasteiger partial charge in [0.15, 0.2) is 0 Å². The van der Waals surface area contributed by atoms with Gasteiger partial charge in [0, 0.05) is 7.11 Å². The van der Waals surface area contributed by atoms with Crippen LogP contribution >= 0.6 is 0 Å². The van der Waals surface area contributed by atoms with Gasteiger partial charge < -0.3 is 4.74 Å². The Hall–Kier alpha value is -0.0400. The van der Waals surface area contributed by atoms with Gasteiger partial charge in [-0.05, 0) is 25.2 Å². The average molecular weight is 114 g/mol. The molecule has 1 aliphatic carbocycles. The zero-order valence-corrected chi connectivity index (χ0v) is 5.68.